The fraction of sp³-hybridized carbons (Fsp3) is 0.222. The molecule has 0 fully saturated rings. The molecule has 0 aliphatic heterocycles. The van der Waals surface area contributed by atoms with E-state index in [1.165, 1.54) is 11.8 Å². The molecule has 0 saturated heterocycles. The van der Waals surface area contributed by atoms with E-state index in [4.69, 9.17) is 4.98 Å². The number of carbonyl (C=O) groups excluding carboxylic acids is 1. The van der Waals surface area contributed by atoms with Gasteiger partial charge in [-0.15, -0.1) is 0 Å². The van der Waals surface area contributed by atoms with Crippen LogP contribution in [0.15, 0.2) is 94.9 Å². The summed E-state index contributed by atoms with van der Waals surface area (Å²) in [7, 11) is 0. The molecule has 1 heterocycles. The number of hydrogen-bond donors (Lipinski definition) is 0. The summed E-state index contributed by atoms with van der Waals surface area (Å²) in [6, 6.07) is 27.2. The Morgan fingerprint density at radius 3 is 2.18 bits per heavy atom. The van der Waals surface area contributed by atoms with Gasteiger partial charge in [-0.25, -0.2) is 4.98 Å². The van der Waals surface area contributed by atoms with Crippen LogP contribution in [0.5, 0.6) is 0 Å². The van der Waals surface area contributed by atoms with Crippen LogP contribution in [0.4, 0.5) is 0 Å². The second-order valence-electron chi connectivity index (χ2n) is 8.18. The molecular formula is C27H27N3O2S. The number of para-hydroxylation sites is 1. The molecule has 6 heteroatoms. The van der Waals surface area contributed by atoms with Gasteiger partial charge in [-0.3, -0.25) is 14.2 Å². The quantitative estimate of drug-likeness (QED) is 0.277. The number of rotatable bonds is 8. The summed E-state index contributed by atoms with van der Waals surface area (Å²) in [6.45, 7) is 5.00. The lowest BCUT2D eigenvalue weighted by Gasteiger charge is -2.27. The molecule has 1 amide bonds. The molecule has 0 atom stereocenters. The summed E-state index contributed by atoms with van der Waals surface area (Å²) < 4.78 is 1.67. The third-order valence-electron chi connectivity index (χ3n) is 5.47. The van der Waals surface area contributed by atoms with Crippen molar-refractivity contribution in [1.82, 2.24) is 14.5 Å². The van der Waals surface area contributed by atoms with Crippen molar-refractivity contribution in [2.24, 2.45) is 0 Å². The number of fused-ring (bicyclic) bond motifs is 1. The zero-order valence-corrected chi connectivity index (χ0v) is 19.7. The Bertz CT molecular complexity index is 1290. The first-order chi connectivity index (χ1) is 16.0. The molecule has 33 heavy (non-hydrogen) atoms. The van der Waals surface area contributed by atoms with Gasteiger partial charge in [0.1, 0.15) is 0 Å². The molecule has 4 aromatic rings. The minimum absolute atomic E-state index is 0.0209. The standard InChI is InChI=1S/C27H27N3O2S/c1-20(2)29(17-21-11-5-3-6-12-21)25(31)19-33-27-28-24-16-10-9-15-23(24)26(32)30(27)18-22-13-7-4-8-14-22/h3-16,20H,17-19H2,1-2H3. The minimum atomic E-state index is -0.0931. The van der Waals surface area contributed by atoms with Crippen LogP contribution in [-0.2, 0) is 17.9 Å². The molecule has 4 rings (SSSR count). The second-order valence-corrected chi connectivity index (χ2v) is 9.12. The molecule has 0 bridgehead atoms. The average molecular weight is 458 g/mol. The zero-order valence-electron chi connectivity index (χ0n) is 18.8. The van der Waals surface area contributed by atoms with Gasteiger partial charge in [0.05, 0.1) is 23.2 Å². The Kier molecular flexibility index (Phi) is 7.25. The lowest BCUT2D eigenvalue weighted by atomic mass is 10.2. The summed E-state index contributed by atoms with van der Waals surface area (Å²) in [4.78, 5) is 33.1. The molecule has 0 spiro atoms. The van der Waals surface area contributed by atoms with Crippen molar-refractivity contribution in [2.75, 3.05) is 5.75 Å². The van der Waals surface area contributed by atoms with Crippen LogP contribution in [0.25, 0.3) is 10.9 Å². The number of amides is 1. The monoisotopic (exact) mass is 457 g/mol. The molecule has 0 aliphatic rings. The number of nitrogens with zero attached hydrogens (tertiary/aromatic N) is 3. The third-order valence-corrected chi connectivity index (χ3v) is 6.44. The van der Waals surface area contributed by atoms with Crippen molar-refractivity contribution in [3.63, 3.8) is 0 Å². The van der Waals surface area contributed by atoms with Gasteiger partial charge in [0.15, 0.2) is 5.16 Å². The van der Waals surface area contributed by atoms with Crippen LogP contribution in [0, 0.1) is 0 Å². The van der Waals surface area contributed by atoms with Crippen molar-refractivity contribution < 1.29 is 4.79 Å². The topological polar surface area (TPSA) is 55.2 Å². The molecule has 0 aliphatic carbocycles. The normalized spacial score (nSPS) is 11.1. The minimum Gasteiger partial charge on any atom is -0.335 e. The molecule has 0 radical (unpaired) electrons. The van der Waals surface area contributed by atoms with E-state index in [9.17, 15) is 9.59 Å². The molecule has 3 aromatic carbocycles. The fourth-order valence-corrected chi connectivity index (χ4v) is 4.60. The van der Waals surface area contributed by atoms with Gasteiger partial charge in [-0.2, -0.15) is 0 Å². The second kappa shape index (κ2) is 10.5. The average Bonchev–Trinajstić information content (AvgIpc) is 2.84. The van der Waals surface area contributed by atoms with Crippen molar-refractivity contribution >= 4 is 28.6 Å². The first-order valence-corrected chi connectivity index (χ1v) is 12.0. The van der Waals surface area contributed by atoms with Crippen molar-refractivity contribution in [2.45, 2.75) is 38.1 Å². The number of thioether (sulfide) groups is 1. The zero-order chi connectivity index (χ0) is 23.2. The largest absolute Gasteiger partial charge is 0.335 e. The molecule has 1 aromatic heterocycles. The van der Waals surface area contributed by atoms with Gasteiger partial charge in [0.2, 0.25) is 5.91 Å². The van der Waals surface area contributed by atoms with Gasteiger partial charge in [-0.1, -0.05) is 84.6 Å². The summed E-state index contributed by atoms with van der Waals surface area (Å²) >= 11 is 1.32. The van der Waals surface area contributed by atoms with E-state index in [1.54, 1.807) is 10.6 Å². The number of aromatic nitrogens is 2. The summed E-state index contributed by atoms with van der Waals surface area (Å²) in [5, 5.41) is 1.14. The Morgan fingerprint density at radius 1 is 0.909 bits per heavy atom. The van der Waals surface area contributed by atoms with E-state index >= 15 is 0 Å². The van der Waals surface area contributed by atoms with E-state index in [0.29, 0.717) is 29.1 Å². The number of carbonyl (C=O) groups is 1. The predicted octanol–water partition coefficient (Wildman–Crippen LogP) is 4.97. The lowest BCUT2D eigenvalue weighted by molar-refractivity contribution is -0.130. The predicted molar refractivity (Wildman–Crippen MR) is 134 cm³/mol. The van der Waals surface area contributed by atoms with Gasteiger partial charge in [-0.05, 0) is 37.1 Å². The Balaban J connectivity index is 1.61. The first kappa shape index (κ1) is 22.8. The van der Waals surface area contributed by atoms with Gasteiger partial charge in [0, 0.05) is 12.6 Å². The number of hydrogen-bond acceptors (Lipinski definition) is 4. The van der Waals surface area contributed by atoms with Crippen LogP contribution in [0.3, 0.4) is 0 Å². The highest BCUT2D eigenvalue weighted by atomic mass is 32.2. The van der Waals surface area contributed by atoms with Crippen LogP contribution in [0.2, 0.25) is 0 Å². The maximum atomic E-state index is 13.3. The van der Waals surface area contributed by atoms with Crippen LogP contribution < -0.4 is 5.56 Å². The molecule has 0 N–H and O–H groups in total. The third kappa shape index (κ3) is 5.52. The van der Waals surface area contributed by atoms with Gasteiger partial charge in [0.25, 0.3) is 5.56 Å². The van der Waals surface area contributed by atoms with E-state index in [-0.39, 0.29) is 23.3 Å². The number of benzene rings is 3. The maximum Gasteiger partial charge on any atom is 0.262 e. The molecular weight excluding hydrogens is 430 g/mol. The van der Waals surface area contributed by atoms with Crippen molar-refractivity contribution in [3.8, 4) is 0 Å². The van der Waals surface area contributed by atoms with Crippen LogP contribution >= 0.6 is 11.8 Å². The highest BCUT2D eigenvalue weighted by molar-refractivity contribution is 7.99. The van der Waals surface area contributed by atoms with E-state index in [1.807, 2.05) is 97.6 Å². The summed E-state index contributed by atoms with van der Waals surface area (Å²) in [6.07, 6.45) is 0. The Labute approximate surface area is 198 Å². The van der Waals surface area contributed by atoms with Crippen molar-refractivity contribution in [3.05, 3.63) is 106 Å². The highest BCUT2D eigenvalue weighted by Gasteiger charge is 2.20. The highest BCUT2D eigenvalue weighted by Crippen LogP contribution is 2.21. The molecule has 168 valence electrons. The Hall–Kier alpha value is -3.38. The molecule has 0 saturated carbocycles. The van der Waals surface area contributed by atoms with Crippen LogP contribution in [0.1, 0.15) is 25.0 Å². The SMILES string of the molecule is CC(C)N(Cc1ccccc1)C(=O)CSc1nc2ccccc2c(=O)n1Cc1ccccc1. The van der Waals surface area contributed by atoms with E-state index in [0.717, 1.165) is 11.1 Å². The molecule has 0 unspecified atom stereocenters. The molecule has 5 nitrogen and oxygen atoms in total. The van der Waals surface area contributed by atoms with Gasteiger partial charge >= 0.3 is 0 Å². The first-order valence-electron chi connectivity index (χ1n) is 11.0. The van der Waals surface area contributed by atoms with E-state index < -0.39 is 0 Å². The Morgan fingerprint density at radius 2 is 1.52 bits per heavy atom. The maximum absolute atomic E-state index is 13.3. The lowest BCUT2D eigenvalue weighted by Crippen LogP contribution is -2.37. The fourth-order valence-electron chi connectivity index (χ4n) is 3.71. The van der Waals surface area contributed by atoms with E-state index in [2.05, 4.69) is 0 Å². The van der Waals surface area contributed by atoms with Gasteiger partial charge < -0.3 is 4.90 Å². The van der Waals surface area contributed by atoms with Crippen LogP contribution in [-0.4, -0.2) is 32.2 Å². The summed E-state index contributed by atoms with van der Waals surface area (Å²) in [5.41, 5.74) is 2.66. The van der Waals surface area contributed by atoms with Crippen molar-refractivity contribution in [1.29, 1.82) is 0 Å². The smallest absolute Gasteiger partial charge is 0.262 e. The summed E-state index contributed by atoms with van der Waals surface area (Å²) in [5.74, 6) is 0.234.